The molecule has 1 amide bonds. The summed E-state index contributed by atoms with van der Waals surface area (Å²) in [6.45, 7) is 2.65. The number of rotatable bonds is 7. The monoisotopic (exact) mass is 528 g/mol. The number of fused-ring (bicyclic) bond motifs is 1. The minimum absolute atomic E-state index is 0.117. The Morgan fingerprint density at radius 1 is 1.03 bits per heavy atom. The zero-order valence-corrected chi connectivity index (χ0v) is 20.7. The number of para-hydroxylation sites is 1. The number of hydrogen-bond donors (Lipinski definition) is 0. The SMILES string of the molecule is CCOc1ccc(N(CC(=O)N2CCCc3ccccc32)S(=O)(=O)c2ccc(Br)cc2)cc1. The van der Waals surface area contributed by atoms with Crippen molar-refractivity contribution >= 4 is 43.2 Å². The maximum atomic E-state index is 13.6. The Morgan fingerprint density at radius 3 is 2.42 bits per heavy atom. The fraction of sp³-hybridized carbons (Fsp3) is 0.240. The molecule has 0 fully saturated rings. The van der Waals surface area contributed by atoms with Crippen LogP contribution in [0.1, 0.15) is 18.9 Å². The minimum Gasteiger partial charge on any atom is -0.494 e. The number of nitrogens with zero attached hydrogens (tertiary/aromatic N) is 2. The summed E-state index contributed by atoms with van der Waals surface area (Å²) < 4.78 is 34.7. The number of anilines is 2. The third kappa shape index (κ3) is 5.07. The van der Waals surface area contributed by atoms with Crippen LogP contribution in [0.15, 0.2) is 82.2 Å². The minimum atomic E-state index is -3.98. The van der Waals surface area contributed by atoms with E-state index in [1.165, 1.54) is 16.4 Å². The van der Waals surface area contributed by atoms with E-state index in [9.17, 15) is 13.2 Å². The van der Waals surface area contributed by atoms with Gasteiger partial charge in [0.2, 0.25) is 5.91 Å². The van der Waals surface area contributed by atoms with Crippen molar-refractivity contribution in [2.75, 3.05) is 28.9 Å². The predicted molar refractivity (Wildman–Crippen MR) is 133 cm³/mol. The molecule has 0 atom stereocenters. The molecule has 1 heterocycles. The van der Waals surface area contributed by atoms with E-state index in [2.05, 4.69) is 15.9 Å². The third-order valence-electron chi connectivity index (χ3n) is 5.53. The van der Waals surface area contributed by atoms with E-state index in [0.29, 0.717) is 24.6 Å². The number of amides is 1. The zero-order chi connectivity index (χ0) is 23.4. The summed E-state index contributed by atoms with van der Waals surface area (Å²) in [5.74, 6) is 0.371. The Kier molecular flexibility index (Phi) is 7.05. The van der Waals surface area contributed by atoms with Gasteiger partial charge in [0, 0.05) is 16.7 Å². The molecule has 6 nitrogen and oxygen atoms in total. The average molecular weight is 529 g/mol. The Morgan fingerprint density at radius 2 is 1.73 bits per heavy atom. The van der Waals surface area contributed by atoms with E-state index in [-0.39, 0.29) is 17.3 Å². The number of halogens is 1. The van der Waals surface area contributed by atoms with Crippen LogP contribution in [-0.4, -0.2) is 34.0 Å². The van der Waals surface area contributed by atoms with Gasteiger partial charge in [-0.05, 0) is 79.9 Å². The fourth-order valence-electron chi connectivity index (χ4n) is 3.93. The Labute approximate surface area is 203 Å². The highest BCUT2D eigenvalue weighted by atomic mass is 79.9. The lowest BCUT2D eigenvalue weighted by Crippen LogP contribution is -2.45. The maximum Gasteiger partial charge on any atom is 0.264 e. The van der Waals surface area contributed by atoms with Crippen LogP contribution in [0.3, 0.4) is 0 Å². The summed E-state index contributed by atoms with van der Waals surface area (Å²) in [4.78, 5) is 15.2. The molecule has 1 aliphatic rings. The van der Waals surface area contributed by atoms with Gasteiger partial charge in [0.1, 0.15) is 12.3 Å². The van der Waals surface area contributed by atoms with Gasteiger partial charge in [0.05, 0.1) is 17.2 Å². The van der Waals surface area contributed by atoms with Crippen molar-refractivity contribution in [3.8, 4) is 5.75 Å². The third-order valence-corrected chi connectivity index (χ3v) is 7.84. The second-order valence-electron chi connectivity index (χ2n) is 7.67. The molecule has 33 heavy (non-hydrogen) atoms. The van der Waals surface area contributed by atoms with Crippen molar-refractivity contribution in [3.63, 3.8) is 0 Å². The molecule has 172 valence electrons. The highest BCUT2D eigenvalue weighted by Gasteiger charge is 2.31. The molecule has 1 aliphatic heterocycles. The molecule has 0 radical (unpaired) electrons. The Bertz CT molecular complexity index is 1230. The molecule has 3 aromatic carbocycles. The van der Waals surface area contributed by atoms with E-state index < -0.39 is 10.0 Å². The first-order valence-corrected chi connectivity index (χ1v) is 13.0. The van der Waals surface area contributed by atoms with Crippen LogP contribution in [-0.2, 0) is 21.2 Å². The summed E-state index contributed by atoms with van der Waals surface area (Å²) in [5, 5.41) is 0. The molecule has 0 bridgehead atoms. The predicted octanol–water partition coefficient (Wildman–Crippen LogP) is 5.02. The standard InChI is InChI=1S/C25H25BrN2O4S/c1-2-32-22-13-11-21(12-14-22)28(33(30,31)23-15-9-20(26)10-16-23)18-25(29)27-17-5-7-19-6-3-4-8-24(19)27/h3-4,6,8-16H,2,5,7,17-18H2,1H3. The first kappa shape index (κ1) is 23.3. The number of aryl methyl sites for hydroxylation is 1. The normalized spacial score (nSPS) is 13.3. The van der Waals surface area contributed by atoms with Gasteiger partial charge in [-0.2, -0.15) is 0 Å². The van der Waals surface area contributed by atoms with E-state index in [4.69, 9.17) is 4.74 Å². The molecule has 0 spiro atoms. The van der Waals surface area contributed by atoms with Crippen LogP contribution in [0.25, 0.3) is 0 Å². The van der Waals surface area contributed by atoms with E-state index >= 15 is 0 Å². The van der Waals surface area contributed by atoms with Crippen LogP contribution < -0.4 is 13.9 Å². The average Bonchev–Trinajstić information content (AvgIpc) is 2.83. The van der Waals surface area contributed by atoms with Crippen LogP contribution in [0, 0.1) is 0 Å². The molecule has 0 saturated carbocycles. The summed E-state index contributed by atoms with van der Waals surface area (Å²) in [6, 6.07) is 20.9. The molecule has 4 rings (SSSR count). The number of benzene rings is 3. The number of ether oxygens (including phenoxy) is 1. The highest BCUT2D eigenvalue weighted by molar-refractivity contribution is 9.10. The summed E-state index contributed by atoms with van der Waals surface area (Å²) in [6.07, 6.45) is 1.74. The van der Waals surface area contributed by atoms with Gasteiger partial charge < -0.3 is 9.64 Å². The van der Waals surface area contributed by atoms with E-state index in [1.807, 2.05) is 31.2 Å². The Balaban J connectivity index is 1.70. The van der Waals surface area contributed by atoms with Crippen molar-refractivity contribution in [2.24, 2.45) is 0 Å². The van der Waals surface area contributed by atoms with Crippen molar-refractivity contribution in [1.82, 2.24) is 0 Å². The van der Waals surface area contributed by atoms with Gasteiger partial charge in [-0.25, -0.2) is 8.42 Å². The number of carbonyl (C=O) groups excluding carboxylic acids is 1. The summed E-state index contributed by atoms with van der Waals surface area (Å²) in [7, 11) is -3.98. The molecule has 0 unspecified atom stereocenters. The summed E-state index contributed by atoms with van der Waals surface area (Å²) >= 11 is 3.34. The van der Waals surface area contributed by atoms with Crippen LogP contribution in [0.5, 0.6) is 5.75 Å². The van der Waals surface area contributed by atoms with E-state index in [0.717, 1.165) is 28.6 Å². The van der Waals surface area contributed by atoms with Gasteiger partial charge in [-0.1, -0.05) is 34.1 Å². The lowest BCUT2D eigenvalue weighted by molar-refractivity contribution is -0.117. The second kappa shape index (κ2) is 9.97. The van der Waals surface area contributed by atoms with Crippen molar-refractivity contribution < 1.29 is 17.9 Å². The summed E-state index contributed by atoms with van der Waals surface area (Å²) in [5.41, 5.74) is 2.35. The lowest BCUT2D eigenvalue weighted by Gasteiger charge is -2.32. The van der Waals surface area contributed by atoms with Gasteiger partial charge >= 0.3 is 0 Å². The molecule has 0 aromatic heterocycles. The molecule has 0 N–H and O–H groups in total. The number of hydrogen-bond acceptors (Lipinski definition) is 4. The number of sulfonamides is 1. The molecule has 0 aliphatic carbocycles. The molecule has 8 heteroatoms. The first-order chi connectivity index (χ1) is 15.9. The van der Waals surface area contributed by atoms with Crippen LogP contribution >= 0.6 is 15.9 Å². The van der Waals surface area contributed by atoms with Gasteiger partial charge in [-0.15, -0.1) is 0 Å². The topological polar surface area (TPSA) is 66.9 Å². The smallest absolute Gasteiger partial charge is 0.264 e. The van der Waals surface area contributed by atoms with Crippen LogP contribution in [0.4, 0.5) is 11.4 Å². The van der Waals surface area contributed by atoms with Crippen molar-refractivity contribution in [2.45, 2.75) is 24.7 Å². The quantitative estimate of drug-likeness (QED) is 0.431. The van der Waals surface area contributed by atoms with Gasteiger partial charge in [-0.3, -0.25) is 9.10 Å². The fourth-order valence-corrected chi connectivity index (χ4v) is 5.60. The highest BCUT2D eigenvalue weighted by Crippen LogP contribution is 2.30. The van der Waals surface area contributed by atoms with Crippen LogP contribution in [0.2, 0.25) is 0 Å². The molecule has 0 saturated heterocycles. The van der Waals surface area contributed by atoms with Crippen molar-refractivity contribution in [3.05, 3.63) is 82.8 Å². The van der Waals surface area contributed by atoms with Gasteiger partial charge in [0.15, 0.2) is 0 Å². The zero-order valence-electron chi connectivity index (χ0n) is 18.3. The first-order valence-electron chi connectivity index (χ1n) is 10.8. The van der Waals surface area contributed by atoms with Crippen molar-refractivity contribution in [1.29, 1.82) is 0 Å². The Hall–Kier alpha value is -2.84. The molecule has 3 aromatic rings. The largest absolute Gasteiger partial charge is 0.494 e. The maximum absolute atomic E-state index is 13.6. The van der Waals surface area contributed by atoms with E-state index in [1.54, 1.807) is 41.3 Å². The molecular weight excluding hydrogens is 504 g/mol. The second-order valence-corrected chi connectivity index (χ2v) is 10.4. The number of carbonyl (C=O) groups is 1. The van der Waals surface area contributed by atoms with Gasteiger partial charge in [0.25, 0.3) is 10.0 Å². The molecular formula is C25H25BrN2O4S. The lowest BCUT2D eigenvalue weighted by atomic mass is 10.0.